The Hall–Kier alpha value is 0.210. The predicted molar refractivity (Wildman–Crippen MR) is 58.5 cm³/mol. The zero-order valence-electron chi connectivity index (χ0n) is 9.19. The van der Waals surface area contributed by atoms with Crippen molar-refractivity contribution in [1.82, 2.24) is 5.32 Å². The molecule has 13 heavy (non-hydrogen) atoms. The molecule has 2 nitrogen and oxygen atoms in total. The Morgan fingerprint density at radius 2 is 2.08 bits per heavy atom. The van der Waals surface area contributed by atoms with E-state index >= 15 is 0 Å². The standard InChI is InChI=1S/C10H22ClNO/c1-9(5-7-11)12-8-6-10(2,3)13-4/h9,12H,5-8H2,1-4H3. The van der Waals surface area contributed by atoms with E-state index in [1.807, 2.05) is 0 Å². The zero-order valence-corrected chi connectivity index (χ0v) is 9.95. The summed E-state index contributed by atoms with van der Waals surface area (Å²) in [6.45, 7) is 7.34. The fraction of sp³-hybridized carbons (Fsp3) is 1.00. The van der Waals surface area contributed by atoms with E-state index in [9.17, 15) is 0 Å². The van der Waals surface area contributed by atoms with Crippen molar-refractivity contribution >= 4 is 11.6 Å². The Bertz CT molecular complexity index is 128. The van der Waals surface area contributed by atoms with E-state index in [4.69, 9.17) is 16.3 Å². The summed E-state index contributed by atoms with van der Waals surface area (Å²) in [5, 5.41) is 3.41. The van der Waals surface area contributed by atoms with Crippen LogP contribution < -0.4 is 5.32 Å². The molecular formula is C10H22ClNO. The molecule has 0 amide bonds. The maximum absolute atomic E-state index is 5.63. The van der Waals surface area contributed by atoms with Crippen LogP contribution in [0.1, 0.15) is 33.6 Å². The van der Waals surface area contributed by atoms with Crippen LogP contribution >= 0.6 is 11.6 Å². The molecule has 0 aliphatic carbocycles. The van der Waals surface area contributed by atoms with Gasteiger partial charge in [0.25, 0.3) is 0 Å². The van der Waals surface area contributed by atoms with Crippen LogP contribution in [0.3, 0.4) is 0 Å². The van der Waals surface area contributed by atoms with Gasteiger partial charge in [0.05, 0.1) is 5.60 Å². The summed E-state index contributed by atoms with van der Waals surface area (Å²) in [6, 6.07) is 0.505. The molecular weight excluding hydrogens is 186 g/mol. The second kappa shape index (κ2) is 6.63. The van der Waals surface area contributed by atoms with Gasteiger partial charge in [0.1, 0.15) is 0 Å². The molecule has 1 atom stereocenters. The molecule has 0 fully saturated rings. The Morgan fingerprint density at radius 3 is 2.54 bits per heavy atom. The first-order valence-corrected chi connectivity index (χ1v) is 5.40. The molecule has 1 unspecified atom stereocenters. The van der Waals surface area contributed by atoms with Crippen LogP contribution in [0.15, 0.2) is 0 Å². The van der Waals surface area contributed by atoms with Crippen molar-refractivity contribution in [2.75, 3.05) is 19.5 Å². The highest BCUT2D eigenvalue weighted by Crippen LogP contribution is 2.11. The molecule has 1 N–H and O–H groups in total. The number of hydrogen-bond acceptors (Lipinski definition) is 2. The van der Waals surface area contributed by atoms with Crippen molar-refractivity contribution < 1.29 is 4.74 Å². The van der Waals surface area contributed by atoms with Crippen LogP contribution in [-0.2, 0) is 4.74 Å². The maximum Gasteiger partial charge on any atom is 0.0634 e. The lowest BCUT2D eigenvalue weighted by Crippen LogP contribution is -2.33. The summed E-state index contributed by atoms with van der Waals surface area (Å²) < 4.78 is 5.31. The van der Waals surface area contributed by atoms with Gasteiger partial charge in [0.15, 0.2) is 0 Å². The lowest BCUT2D eigenvalue weighted by Gasteiger charge is -2.24. The molecule has 0 saturated heterocycles. The first-order chi connectivity index (χ1) is 6.02. The Labute approximate surface area is 87.0 Å². The molecule has 0 heterocycles. The SMILES string of the molecule is COC(C)(C)CCNC(C)CCCl. The van der Waals surface area contributed by atoms with Crippen molar-refractivity contribution in [2.45, 2.75) is 45.3 Å². The number of alkyl halides is 1. The van der Waals surface area contributed by atoms with E-state index in [0.717, 1.165) is 25.3 Å². The fourth-order valence-corrected chi connectivity index (χ4v) is 1.31. The van der Waals surface area contributed by atoms with Crippen molar-refractivity contribution in [3.05, 3.63) is 0 Å². The predicted octanol–water partition coefficient (Wildman–Crippen LogP) is 2.41. The minimum atomic E-state index is -0.0202. The fourth-order valence-electron chi connectivity index (χ4n) is 0.987. The molecule has 3 heteroatoms. The van der Waals surface area contributed by atoms with E-state index in [1.165, 1.54) is 0 Å². The monoisotopic (exact) mass is 207 g/mol. The molecule has 0 aromatic rings. The van der Waals surface area contributed by atoms with Crippen molar-refractivity contribution in [3.63, 3.8) is 0 Å². The number of methoxy groups -OCH3 is 1. The number of hydrogen-bond donors (Lipinski definition) is 1. The highest BCUT2D eigenvalue weighted by Gasteiger charge is 2.15. The number of rotatable bonds is 7. The quantitative estimate of drug-likeness (QED) is 0.648. The highest BCUT2D eigenvalue weighted by molar-refractivity contribution is 6.17. The topological polar surface area (TPSA) is 21.3 Å². The number of nitrogens with one attached hydrogen (secondary N) is 1. The van der Waals surface area contributed by atoms with Gasteiger partial charge in [-0.15, -0.1) is 11.6 Å². The lowest BCUT2D eigenvalue weighted by molar-refractivity contribution is 0.0154. The molecule has 0 aromatic heterocycles. The van der Waals surface area contributed by atoms with E-state index in [1.54, 1.807) is 7.11 Å². The summed E-state index contributed by atoms with van der Waals surface area (Å²) in [5.41, 5.74) is -0.0202. The summed E-state index contributed by atoms with van der Waals surface area (Å²) >= 11 is 5.63. The Balaban J connectivity index is 3.44. The molecule has 0 radical (unpaired) electrons. The van der Waals surface area contributed by atoms with Crippen LogP contribution in [0.5, 0.6) is 0 Å². The molecule has 0 aliphatic heterocycles. The summed E-state index contributed by atoms with van der Waals surface area (Å²) in [5.74, 6) is 0.724. The van der Waals surface area contributed by atoms with Gasteiger partial charge in [0.2, 0.25) is 0 Å². The summed E-state index contributed by atoms with van der Waals surface area (Å²) in [7, 11) is 1.75. The third kappa shape index (κ3) is 7.29. The zero-order chi connectivity index (χ0) is 10.3. The van der Waals surface area contributed by atoms with Gasteiger partial charge in [0, 0.05) is 19.0 Å². The minimum absolute atomic E-state index is 0.0202. The molecule has 0 spiro atoms. The second-order valence-corrected chi connectivity index (χ2v) is 4.42. The molecule has 0 bridgehead atoms. The maximum atomic E-state index is 5.63. The highest BCUT2D eigenvalue weighted by atomic mass is 35.5. The third-order valence-electron chi connectivity index (χ3n) is 2.31. The largest absolute Gasteiger partial charge is 0.379 e. The van der Waals surface area contributed by atoms with Crippen molar-refractivity contribution in [2.24, 2.45) is 0 Å². The van der Waals surface area contributed by atoms with Gasteiger partial charge in [-0.2, -0.15) is 0 Å². The van der Waals surface area contributed by atoms with Crippen molar-refractivity contribution in [1.29, 1.82) is 0 Å². The third-order valence-corrected chi connectivity index (χ3v) is 2.53. The van der Waals surface area contributed by atoms with Crippen molar-refractivity contribution in [3.8, 4) is 0 Å². The van der Waals surface area contributed by atoms with E-state index < -0.39 is 0 Å². The number of halogens is 1. The average molecular weight is 208 g/mol. The van der Waals surface area contributed by atoms with Gasteiger partial charge in [-0.3, -0.25) is 0 Å². The first kappa shape index (κ1) is 13.2. The molecule has 0 saturated carbocycles. The van der Waals surface area contributed by atoms with Gasteiger partial charge in [-0.05, 0) is 40.2 Å². The van der Waals surface area contributed by atoms with E-state index in [-0.39, 0.29) is 5.60 Å². The average Bonchev–Trinajstić information content (AvgIpc) is 2.05. The second-order valence-electron chi connectivity index (χ2n) is 4.05. The molecule has 0 aromatic carbocycles. The smallest absolute Gasteiger partial charge is 0.0634 e. The first-order valence-electron chi connectivity index (χ1n) is 4.86. The summed E-state index contributed by atoms with van der Waals surface area (Å²) in [4.78, 5) is 0. The molecule has 0 rings (SSSR count). The van der Waals surface area contributed by atoms with Gasteiger partial charge in [-0.25, -0.2) is 0 Å². The van der Waals surface area contributed by atoms with Gasteiger partial charge >= 0.3 is 0 Å². The van der Waals surface area contributed by atoms with Crippen LogP contribution in [0.2, 0.25) is 0 Å². The molecule has 0 aliphatic rings. The molecule has 80 valence electrons. The van der Waals surface area contributed by atoms with Crippen LogP contribution in [-0.4, -0.2) is 31.2 Å². The Kier molecular flexibility index (Phi) is 6.74. The summed E-state index contributed by atoms with van der Waals surface area (Å²) in [6.07, 6.45) is 2.05. The van der Waals surface area contributed by atoms with Crippen LogP contribution in [0.4, 0.5) is 0 Å². The van der Waals surface area contributed by atoms with E-state index in [0.29, 0.717) is 6.04 Å². The normalized spacial score (nSPS) is 14.5. The lowest BCUT2D eigenvalue weighted by atomic mass is 10.1. The number of ether oxygens (including phenoxy) is 1. The van der Waals surface area contributed by atoms with E-state index in [2.05, 4.69) is 26.1 Å². The van der Waals surface area contributed by atoms with Crippen LogP contribution in [0.25, 0.3) is 0 Å². The minimum Gasteiger partial charge on any atom is -0.379 e. The van der Waals surface area contributed by atoms with Crippen LogP contribution in [0, 0.1) is 0 Å². The van der Waals surface area contributed by atoms with Gasteiger partial charge in [-0.1, -0.05) is 0 Å². The Morgan fingerprint density at radius 1 is 1.46 bits per heavy atom. The van der Waals surface area contributed by atoms with Gasteiger partial charge < -0.3 is 10.1 Å².